The zero-order valence-electron chi connectivity index (χ0n) is 18.8. The van der Waals surface area contributed by atoms with Gasteiger partial charge >= 0.3 is 0 Å². The molecule has 0 saturated heterocycles. The van der Waals surface area contributed by atoms with E-state index >= 15 is 0 Å². The monoisotopic (exact) mass is 520 g/mol. The SMILES string of the molecule is Cc1cccc(C(=O)Nc2ccc(SC(C(=O)Nc3cc(Cl)cc(Cl)c3)c3ccccc3)cc2)c1. The number of thioether (sulfide) groups is 1. The summed E-state index contributed by atoms with van der Waals surface area (Å²) in [6.45, 7) is 1.95. The molecule has 0 aliphatic heterocycles. The summed E-state index contributed by atoms with van der Waals surface area (Å²) < 4.78 is 0. The van der Waals surface area contributed by atoms with E-state index in [2.05, 4.69) is 10.6 Å². The van der Waals surface area contributed by atoms with Gasteiger partial charge in [0.2, 0.25) is 5.91 Å². The van der Waals surface area contributed by atoms with Crippen molar-refractivity contribution in [2.45, 2.75) is 17.1 Å². The summed E-state index contributed by atoms with van der Waals surface area (Å²) in [5, 5.41) is 6.20. The molecule has 0 bridgehead atoms. The molecule has 0 fully saturated rings. The van der Waals surface area contributed by atoms with E-state index in [0.29, 0.717) is 27.0 Å². The average molecular weight is 521 g/mol. The summed E-state index contributed by atoms with van der Waals surface area (Å²) in [5.74, 6) is -0.368. The summed E-state index contributed by atoms with van der Waals surface area (Å²) in [6, 6.07) is 29.3. The van der Waals surface area contributed by atoms with Crippen LogP contribution >= 0.6 is 35.0 Å². The molecular weight excluding hydrogens is 499 g/mol. The van der Waals surface area contributed by atoms with Crippen LogP contribution in [-0.4, -0.2) is 11.8 Å². The third-order valence-corrected chi connectivity index (χ3v) is 6.82. The zero-order valence-corrected chi connectivity index (χ0v) is 21.1. The summed E-state index contributed by atoms with van der Waals surface area (Å²) >= 11 is 13.6. The van der Waals surface area contributed by atoms with E-state index in [0.717, 1.165) is 16.0 Å². The van der Waals surface area contributed by atoms with E-state index in [1.165, 1.54) is 11.8 Å². The molecule has 4 aromatic rings. The van der Waals surface area contributed by atoms with Gasteiger partial charge in [-0.05, 0) is 67.1 Å². The Morgan fingerprint density at radius 3 is 2.09 bits per heavy atom. The first-order valence-electron chi connectivity index (χ1n) is 10.8. The van der Waals surface area contributed by atoms with Gasteiger partial charge in [0.1, 0.15) is 5.25 Å². The molecule has 0 saturated carbocycles. The highest BCUT2D eigenvalue weighted by molar-refractivity contribution is 8.00. The fourth-order valence-corrected chi connectivity index (χ4v) is 5.03. The number of hydrogen-bond acceptors (Lipinski definition) is 3. The Morgan fingerprint density at radius 1 is 0.743 bits per heavy atom. The van der Waals surface area contributed by atoms with Crippen LogP contribution in [0.4, 0.5) is 11.4 Å². The predicted octanol–water partition coefficient (Wildman–Crippen LogP) is 8.03. The highest BCUT2D eigenvalue weighted by Crippen LogP contribution is 2.37. The Bertz CT molecular complexity index is 1320. The molecule has 2 N–H and O–H groups in total. The molecule has 4 rings (SSSR count). The van der Waals surface area contributed by atoms with Crippen molar-refractivity contribution in [3.8, 4) is 0 Å². The smallest absolute Gasteiger partial charge is 0.255 e. The minimum Gasteiger partial charge on any atom is -0.325 e. The summed E-state index contributed by atoms with van der Waals surface area (Å²) in [7, 11) is 0. The van der Waals surface area contributed by atoms with Crippen LogP contribution in [0.25, 0.3) is 0 Å². The zero-order chi connectivity index (χ0) is 24.8. The van der Waals surface area contributed by atoms with Crippen molar-refractivity contribution in [2.75, 3.05) is 10.6 Å². The van der Waals surface area contributed by atoms with Crippen LogP contribution < -0.4 is 10.6 Å². The maximum absolute atomic E-state index is 13.3. The third-order valence-electron chi connectivity index (χ3n) is 5.12. The lowest BCUT2D eigenvalue weighted by atomic mass is 10.1. The number of halogens is 2. The highest BCUT2D eigenvalue weighted by atomic mass is 35.5. The Kier molecular flexibility index (Phi) is 8.13. The van der Waals surface area contributed by atoms with Gasteiger partial charge in [0.25, 0.3) is 5.91 Å². The van der Waals surface area contributed by atoms with Crippen molar-refractivity contribution in [3.05, 3.63) is 124 Å². The Labute approximate surface area is 218 Å². The molecule has 4 aromatic carbocycles. The number of anilines is 2. The van der Waals surface area contributed by atoms with Crippen LogP contribution in [0, 0.1) is 6.92 Å². The summed E-state index contributed by atoms with van der Waals surface area (Å²) in [4.78, 5) is 26.7. The van der Waals surface area contributed by atoms with Gasteiger partial charge in [-0.3, -0.25) is 9.59 Å². The van der Waals surface area contributed by atoms with Gasteiger partial charge in [0.05, 0.1) is 0 Å². The second-order valence-corrected chi connectivity index (χ2v) is 9.96. The lowest BCUT2D eigenvalue weighted by Crippen LogP contribution is -2.19. The fourth-order valence-electron chi connectivity index (χ4n) is 3.48. The summed E-state index contributed by atoms with van der Waals surface area (Å²) in [5.41, 5.74) is 3.69. The Balaban J connectivity index is 1.50. The van der Waals surface area contributed by atoms with Gasteiger partial charge in [-0.2, -0.15) is 0 Å². The molecule has 1 atom stereocenters. The van der Waals surface area contributed by atoms with Crippen molar-refractivity contribution in [1.82, 2.24) is 0 Å². The van der Waals surface area contributed by atoms with Gasteiger partial charge < -0.3 is 10.6 Å². The van der Waals surface area contributed by atoms with Crippen LogP contribution in [0.2, 0.25) is 10.0 Å². The molecular formula is C28H22Cl2N2O2S. The van der Waals surface area contributed by atoms with Crippen LogP contribution in [0.1, 0.15) is 26.7 Å². The van der Waals surface area contributed by atoms with E-state index in [1.54, 1.807) is 24.3 Å². The molecule has 7 heteroatoms. The fraction of sp³-hybridized carbons (Fsp3) is 0.0714. The number of benzene rings is 4. The van der Waals surface area contributed by atoms with Crippen LogP contribution in [0.5, 0.6) is 0 Å². The van der Waals surface area contributed by atoms with Gasteiger partial charge in [-0.1, -0.05) is 71.2 Å². The van der Waals surface area contributed by atoms with E-state index < -0.39 is 5.25 Å². The van der Waals surface area contributed by atoms with E-state index in [9.17, 15) is 9.59 Å². The number of hydrogen-bond donors (Lipinski definition) is 2. The van der Waals surface area contributed by atoms with Gasteiger partial charge in [-0.25, -0.2) is 0 Å². The maximum atomic E-state index is 13.3. The number of amides is 2. The molecule has 0 spiro atoms. The number of nitrogens with one attached hydrogen (secondary N) is 2. The van der Waals surface area contributed by atoms with Crippen molar-refractivity contribution in [1.29, 1.82) is 0 Å². The Hall–Kier alpha value is -3.25. The molecule has 1 unspecified atom stereocenters. The minimum atomic E-state index is -0.512. The second kappa shape index (κ2) is 11.5. The number of carbonyl (C=O) groups is 2. The molecule has 0 aromatic heterocycles. The number of carbonyl (C=O) groups excluding carboxylic acids is 2. The largest absolute Gasteiger partial charge is 0.325 e. The molecule has 0 aliphatic rings. The topological polar surface area (TPSA) is 58.2 Å². The van der Waals surface area contributed by atoms with Crippen LogP contribution in [0.15, 0.2) is 102 Å². The van der Waals surface area contributed by atoms with Crippen molar-refractivity contribution < 1.29 is 9.59 Å². The molecule has 4 nitrogen and oxygen atoms in total. The minimum absolute atomic E-state index is 0.171. The lowest BCUT2D eigenvalue weighted by molar-refractivity contribution is -0.115. The van der Waals surface area contributed by atoms with E-state index in [1.807, 2.05) is 79.7 Å². The third kappa shape index (κ3) is 6.89. The quantitative estimate of drug-likeness (QED) is 0.242. The normalized spacial score (nSPS) is 11.5. The van der Waals surface area contributed by atoms with Crippen LogP contribution in [0.3, 0.4) is 0 Å². The Morgan fingerprint density at radius 2 is 1.43 bits per heavy atom. The first-order chi connectivity index (χ1) is 16.9. The average Bonchev–Trinajstić information content (AvgIpc) is 2.83. The predicted molar refractivity (Wildman–Crippen MR) is 146 cm³/mol. The molecule has 176 valence electrons. The van der Waals surface area contributed by atoms with Gasteiger partial charge in [0.15, 0.2) is 0 Å². The lowest BCUT2D eigenvalue weighted by Gasteiger charge is -2.18. The molecule has 0 radical (unpaired) electrons. The molecule has 0 heterocycles. The molecule has 2 amide bonds. The first kappa shape index (κ1) is 24.9. The number of aryl methyl sites for hydroxylation is 1. The maximum Gasteiger partial charge on any atom is 0.255 e. The van der Waals surface area contributed by atoms with Crippen molar-refractivity contribution >= 4 is 58.2 Å². The highest BCUT2D eigenvalue weighted by Gasteiger charge is 2.22. The van der Waals surface area contributed by atoms with E-state index in [-0.39, 0.29) is 11.8 Å². The molecule has 35 heavy (non-hydrogen) atoms. The summed E-state index contributed by atoms with van der Waals surface area (Å²) in [6.07, 6.45) is 0. The van der Waals surface area contributed by atoms with E-state index in [4.69, 9.17) is 23.2 Å². The van der Waals surface area contributed by atoms with Crippen LogP contribution in [-0.2, 0) is 4.79 Å². The van der Waals surface area contributed by atoms with Crippen molar-refractivity contribution in [3.63, 3.8) is 0 Å². The molecule has 0 aliphatic carbocycles. The second-order valence-electron chi connectivity index (χ2n) is 7.90. The number of rotatable bonds is 7. The van der Waals surface area contributed by atoms with Gasteiger partial charge in [-0.15, -0.1) is 11.8 Å². The van der Waals surface area contributed by atoms with Gasteiger partial charge in [0, 0.05) is 31.9 Å². The first-order valence-corrected chi connectivity index (χ1v) is 12.5. The van der Waals surface area contributed by atoms with Crippen molar-refractivity contribution in [2.24, 2.45) is 0 Å². The standard InChI is InChI=1S/C28H22Cl2N2O2S/c1-18-6-5-9-20(14-18)27(33)31-23-10-12-25(13-11-23)35-26(19-7-3-2-4-8-19)28(34)32-24-16-21(29)15-22(30)17-24/h2-17,26H,1H3,(H,31,33)(H,32,34).